The third-order valence-corrected chi connectivity index (χ3v) is 7.17. The molecule has 1 aromatic carbocycles. The van der Waals surface area contributed by atoms with Gasteiger partial charge in [-0.15, -0.1) is 0 Å². The molecule has 1 aliphatic rings. The van der Waals surface area contributed by atoms with Crippen LogP contribution in [0.1, 0.15) is 27.0 Å². The van der Waals surface area contributed by atoms with E-state index in [9.17, 15) is 19.3 Å². The van der Waals surface area contributed by atoms with Gasteiger partial charge in [-0.3, -0.25) is 13.9 Å². The molecule has 0 aliphatic carbocycles. The number of aliphatic hydroxyl groups excluding tert-OH is 1. The molecule has 4 N–H and O–H groups in total. The quantitative estimate of drug-likeness (QED) is 0.328. The average molecular weight is 514 g/mol. The van der Waals surface area contributed by atoms with Crippen LogP contribution < -0.4 is 21.0 Å². The molecule has 0 spiro atoms. The number of esters is 1. The monoisotopic (exact) mass is 514 g/mol. The first-order chi connectivity index (χ1) is 16.4. The lowest BCUT2D eigenvalue weighted by atomic mass is 9.96. The van der Waals surface area contributed by atoms with E-state index in [1.165, 1.54) is 38.2 Å². The van der Waals surface area contributed by atoms with E-state index < -0.39 is 55.7 Å². The maximum absolute atomic E-state index is 15.6. The molecule has 0 saturated carbocycles. The summed E-state index contributed by atoms with van der Waals surface area (Å²) in [6.45, 7) is 3.81. The Morgan fingerprint density at radius 1 is 1.34 bits per heavy atom. The van der Waals surface area contributed by atoms with Gasteiger partial charge in [0.05, 0.1) is 13.2 Å². The Labute approximate surface area is 200 Å². The van der Waals surface area contributed by atoms with Gasteiger partial charge < -0.3 is 24.8 Å². The highest BCUT2D eigenvalue weighted by Crippen LogP contribution is 2.49. The lowest BCUT2D eigenvalue weighted by Gasteiger charge is -2.29. The summed E-state index contributed by atoms with van der Waals surface area (Å²) < 4.78 is 51.5. The predicted octanol–water partition coefficient (Wildman–Crippen LogP) is 1.56. The van der Waals surface area contributed by atoms with Crippen LogP contribution in [0.5, 0.6) is 5.75 Å². The van der Waals surface area contributed by atoms with Gasteiger partial charge in [-0.1, -0.05) is 18.2 Å². The summed E-state index contributed by atoms with van der Waals surface area (Å²) in [5, 5.41) is 13.2. The van der Waals surface area contributed by atoms with Crippen molar-refractivity contribution in [3.05, 3.63) is 53.1 Å². The fraction of sp³-hybridized carbons (Fsp3) is 0.476. The number of alkyl halides is 1. The van der Waals surface area contributed by atoms with Crippen molar-refractivity contribution >= 4 is 19.5 Å². The molecule has 35 heavy (non-hydrogen) atoms. The minimum atomic E-state index is -4.31. The highest BCUT2D eigenvalue weighted by molar-refractivity contribution is 7.52. The minimum absolute atomic E-state index is 0.0663. The summed E-state index contributed by atoms with van der Waals surface area (Å²) >= 11 is 0. The van der Waals surface area contributed by atoms with Gasteiger partial charge in [0.1, 0.15) is 29.8 Å². The average Bonchev–Trinajstić information content (AvgIpc) is 3.02. The summed E-state index contributed by atoms with van der Waals surface area (Å²) in [5.41, 5.74) is 2.15. The Morgan fingerprint density at radius 3 is 2.60 bits per heavy atom. The molecule has 0 radical (unpaired) electrons. The largest absolute Gasteiger partial charge is 0.468 e. The molecule has 1 aliphatic heterocycles. The Morgan fingerprint density at radius 2 is 2.00 bits per heavy atom. The number of nitrogen functional groups attached to an aromatic ring is 1. The fourth-order valence-corrected chi connectivity index (χ4v) is 5.27. The van der Waals surface area contributed by atoms with E-state index in [-0.39, 0.29) is 11.6 Å². The van der Waals surface area contributed by atoms with Crippen LogP contribution in [-0.2, 0) is 23.4 Å². The van der Waals surface area contributed by atoms with E-state index in [2.05, 4.69) is 14.8 Å². The first kappa shape index (κ1) is 26.8. The molecule has 192 valence electrons. The van der Waals surface area contributed by atoms with Crippen molar-refractivity contribution in [3.8, 4) is 5.75 Å². The molecule has 7 atom stereocenters. The number of hydrogen-bond donors (Lipinski definition) is 3. The zero-order valence-corrected chi connectivity index (χ0v) is 20.4. The molecule has 0 amide bonds. The number of carbonyl (C=O) groups excluding carboxylic acids is 1. The molecule has 1 aromatic heterocycles. The van der Waals surface area contributed by atoms with Crippen LogP contribution >= 0.6 is 7.75 Å². The van der Waals surface area contributed by atoms with E-state index in [0.717, 1.165) is 18.6 Å². The van der Waals surface area contributed by atoms with E-state index in [0.29, 0.717) is 0 Å². The maximum Gasteiger partial charge on any atom is 0.459 e. The first-order valence-electron chi connectivity index (χ1n) is 10.6. The molecule has 3 rings (SSSR count). The number of methoxy groups -OCH3 is 1. The highest BCUT2D eigenvalue weighted by Gasteiger charge is 2.57. The molecule has 1 fully saturated rings. The Bertz CT molecular complexity index is 1150. The van der Waals surface area contributed by atoms with Crippen molar-refractivity contribution in [1.82, 2.24) is 14.6 Å². The number of aliphatic hydroxyl groups is 1. The third kappa shape index (κ3) is 5.88. The standard InChI is InChI=1S/C21H28FN4O8P/c1-12(18(28)31-4)25-35(30,34-14-8-6-5-7-9-14)33-13(2)16-17(27)21(3,22)19(32-16)26-11-10-15(23)24-20(26)29/h5-13,16-17,19,27H,1-4H3,(H,25,30)(H2,23,24,29)/t12?,13?,16-,17-,19-,21-,35?/m1/s1. The van der Waals surface area contributed by atoms with Crippen LogP contribution in [-0.4, -0.2) is 57.8 Å². The Kier molecular flexibility index (Phi) is 7.97. The smallest absolute Gasteiger partial charge is 0.459 e. The van der Waals surface area contributed by atoms with Crippen LogP contribution in [0.15, 0.2) is 47.4 Å². The van der Waals surface area contributed by atoms with Crippen LogP contribution in [0.2, 0.25) is 0 Å². The molecule has 3 unspecified atom stereocenters. The van der Waals surface area contributed by atoms with Gasteiger partial charge in [0.2, 0.25) is 0 Å². The summed E-state index contributed by atoms with van der Waals surface area (Å²) in [7, 11) is -3.15. The SMILES string of the molecule is COC(=O)C(C)NP(=O)(Oc1ccccc1)OC(C)[C@H]1O[C@@H](n2ccc(N)nc2=O)[C@](C)(F)[C@@H]1O. The van der Waals surface area contributed by atoms with Crippen molar-refractivity contribution in [2.24, 2.45) is 0 Å². The zero-order valence-electron chi connectivity index (χ0n) is 19.5. The number of nitrogens with zero attached hydrogens (tertiary/aromatic N) is 2. The van der Waals surface area contributed by atoms with Crippen LogP contribution in [0.25, 0.3) is 0 Å². The van der Waals surface area contributed by atoms with E-state index in [1.54, 1.807) is 18.2 Å². The molecule has 14 heteroatoms. The van der Waals surface area contributed by atoms with Crippen molar-refractivity contribution in [3.63, 3.8) is 0 Å². The minimum Gasteiger partial charge on any atom is -0.468 e. The first-order valence-corrected chi connectivity index (χ1v) is 12.2. The predicted molar refractivity (Wildman–Crippen MR) is 122 cm³/mol. The second-order valence-electron chi connectivity index (χ2n) is 8.18. The summed E-state index contributed by atoms with van der Waals surface area (Å²) in [6, 6.07) is 8.19. The Hall–Kier alpha value is -2.83. The molecule has 1 saturated heterocycles. The highest BCUT2D eigenvalue weighted by atomic mass is 31.2. The van der Waals surface area contributed by atoms with Gasteiger partial charge in [-0.25, -0.2) is 13.8 Å². The number of nitrogens with two attached hydrogens (primary N) is 1. The molecule has 12 nitrogen and oxygen atoms in total. The number of hydrogen-bond acceptors (Lipinski definition) is 10. The van der Waals surface area contributed by atoms with E-state index in [1.807, 2.05) is 0 Å². The van der Waals surface area contributed by atoms with E-state index in [4.69, 9.17) is 19.5 Å². The molecular formula is C21H28FN4O8P. The van der Waals surface area contributed by atoms with E-state index >= 15 is 4.39 Å². The van der Waals surface area contributed by atoms with Gasteiger partial charge in [0, 0.05) is 6.20 Å². The number of rotatable bonds is 9. The number of benzene rings is 1. The number of ether oxygens (including phenoxy) is 2. The van der Waals surface area contributed by atoms with Gasteiger partial charge in [-0.2, -0.15) is 10.1 Å². The number of aromatic nitrogens is 2. The number of halogens is 1. The van der Waals surface area contributed by atoms with Gasteiger partial charge in [0.25, 0.3) is 0 Å². The normalized spacial score (nSPS) is 27.5. The number of nitrogens with one attached hydrogen (secondary N) is 1. The summed E-state index contributed by atoms with van der Waals surface area (Å²) in [5.74, 6) is -0.640. The van der Waals surface area contributed by atoms with Crippen LogP contribution in [0.3, 0.4) is 0 Å². The van der Waals surface area contributed by atoms with Crippen LogP contribution in [0, 0.1) is 0 Å². The number of anilines is 1. The zero-order chi connectivity index (χ0) is 26.0. The third-order valence-electron chi connectivity index (χ3n) is 5.41. The van der Waals surface area contributed by atoms with Gasteiger partial charge >= 0.3 is 19.4 Å². The van der Waals surface area contributed by atoms with Gasteiger partial charge in [0.15, 0.2) is 11.9 Å². The summed E-state index contributed by atoms with van der Waals surface area (Å²) in [6.07, 6.45) is -4.81. The second kappa shape index (κ2) is 10.4. The topological polar surface area (TPSA) is 164 Å². The summed E-state index contributed by atoms with van der Waals surface area (Å²) in [4.78, 5) is 27.7. The van der Waals surface area contributed by atoms with Crippen LogP contribution in [0.4, 0.5) is 10.2 Å². The fourth-order valence-electron chi connectivity index (χ4n) is 3.58. The molecule has 2 aromatic rings. The van der Waals surface area contributed by atoms with Crippen molar-refractivity contribution in [2.45, 2.75) is 57.0 Å². The molecular weight excluding hydrogens is 486 g/mol. The number of para-hydroxylation sites is 1. The molecule has 2 heterocycles. The maximum atomic E-state index is 15.6. The Balaban J connectivity index is 1.86. The van der Waals surface area contributed by atoms with Crippen molar-refractivity contribution < 1.29 is 37.4 Å². The second-order valence-corrected chi connectivity index (χ2v) is 9.82. The lowest BCUT2D eigenvalue weighted by Crippen LogP contribution is -2.45. The van der Waals surface area contributed by atoms with Crippen molar-refractivity contribution in [1.29, 1.82) is 0 Å². The lowest BCUT2D eigenvalue weighted by molar-refractivity contribution is -0.142. The van der Waals surface area contributed by atoms with Crippen molar-refractivity contribution in [2.75, 3.05) is 12.8 Å². The molecule has 0 bridgehead atoms. The van der Waals surface area contributed by atoms with Gasteiger partial charge in [-0.05, 0) is 39.0 Å². The number of carbonyl (C=O) groups is 1.